The van der Waals surface area contributed by atoms with Gasteiger partial charge in [0.1, 0.15) is 0 Å². The average Bonchev–Trinajstić information content (AvgIpc) is 2.89. The number of halogens is 1. The first kappa shape index (κ1) is 16.0. The van der Waals surface area contributed by atoms with E-state index in [9.17, 15) is 4.79 Å². The summed E-state index contributed by atoms with van der Waals surface area (Å²) in [5, 5.41) is 0. The Kier molecular flexibility index (Phi) is 6.32. The number of hydrogen-bond acceptors (Lipinski definition) is 2. The Balaban J connectivity index is 0.00000180. The van der Waals surface area contributed by atoms with E-state index in [1.165, 1.54) is 0 Å². The molecular formula is C15H23ClN2O. The van der Waals surface area contributed by atoms with E-state index in [0.717, 1.165) is 31.5 Å². The molecule has 1 fully saturated rings. The van der Waals surface area contributed by atoms with Crippen molar-refractivity contribution in [3.8, 4) is 0 Å². The first-order valence-corrected chi connectivity index (χ1v) is 6.84. The van der Waals surface area contributed by atoms with Crippen molar-refractivity contribution in [2.45, 2.75) is 26.2 Å². The number of hydrogen-bond donors (Lipinski definition) is 1. The van der Waals surface area contributed by atoms with Crippen LogP contribution in [-0.2, 0) is 4.79 Å². The molecule has 0 heterocycles. The molecule has 1 amide bonds. The Labute approximate surface area is 121 Å². The van der Waals surface area contributed by atoms with Crippen LogP contribution in [0.2, 0.25) is 0 Å². The van der Waals surface area contributed by atoms with Crippen molar-refractivity contribution in [3.05, 3.63) is 30.3 Å². The van der Waals surface area contributed by atoms with E-state index in [4.69, 9.17) is 5.73 Å². The number of amides is 1. The minimum Gasteiger partial charge on any atom is -0.330 e. The lowest BCUT2D eigenvalue weighted by atomic mass is 9.94. The van der Waals surface area contributed by atoms with E-state index in [1.807, 2.05) is 42.2 Å². The molecule has 1 aliphatic rings. The maximum Gasteiger partial charge on any atom is 0.230 e. The van der Waals surface area contributed by atoms with Gasteiger partial charge in [-0.25, -0.2) is 0 Å². The van der Waals surface area contributed by atoms with Crippen molar-refractivity contribution in [1.82, 2.24) is 0 Å². The van der Waals surface area contributed by atoms with Crippen molar-refractivity contribution in [3.63, 3.8) is 0 Å². The van der Waals surface area contributed by atoms with Gasteiger partial charge < -0.3 is 10.6 Å². The SMILES string of the molecule is CCN(C(=O)[C@@H]1CCC[C@@H]1CN)c1ccccc1.Cl. The maximum atomic E-state index is 12.6. The van der Waals surface area contributed by atoms with Crippen molar-refractivity contribution >= 4 is 24.0 Å². The van der Waals surface area contributed by atoms with Crippen LogP contribution >= 0.6 is 12.4 Å². The van der Waals surface area contributed by atoms with Crippen LogP contribution in [0.1, 0.15) is 26.2 Å². The first-order chi connectivity index (χ1) is 8.77. The second-order valence-corrected chi connectivity index (χ2v) is 4.95. The molecule has 3 nitrogen and oxygen atoms in total. The molecule has 0 bridgehead atoms. The Morgan fingerprint density at radius 3 is 2.58 bits per heavy atom. The summed E-state index contributed by atoms with van der Waals surface area (Å²) < 4.78 is 0. The number of anilines is 1. The van der Waals surface area contributed by atoms with Crippen LogP contribution in [-0.4, -0.2) is 19.0 Å². The van der Waals surface area contributed by atoms with Gasteiger partial charge >= 0.3 is 0 Å². The zero-order valence-electron chi connectivity index (χ0n) is 11.4. The van der Waals surface area contributed by atoms with Gasteiger partial charge in [0.05, 0.1) is 0 Å². The highest BCUT2D eigenvalue weighted by Gasteiger charge is 2.34. The number of carbonyl (C=O) groups is 1. The third-order valence-electron chi connectivity index (χ3n) is 3.93. The van der Waals surface area contributed by atoms with Crippen molar-refractivity contribution in [2.24, 2.45) is 17.6 Å². The summed E-state index contributed by atoms with van der Waals surface area (Å²) >= 11 is 0. The van der Waals surface area contributed by atoms with E-state index in [-0.39, 0.29) is 24.2 Å². The Bertz CT molecular complexity index is 396. The number of carbonyl (C=O) groups excluding carboxylic acids is 1. The van der Waals surface area contributed by atoms with Crippen LogP contribution in [0.25, 0.3) is 0 Å². The number of benzene rings is 1. The summed E-state index contributed by atoms with van der Waals surface area (Å²) in [6.45, 7) is 3.37. The van der Waals surface area contributed by atoms with Crippen LogP contribution in [0.5, 0.6) is 0 Å². The number of rotatable bonds is 4. The van der Waals surface area contributed by atoms with E-state index in [1.54, 1.807) is 0 Å². The van der Waals surface area contributed by atoms with E-state index in [2.05, 4.69) is 0 Å². The van der Waals surface area contributed by atoms with Crippen molar-refractivity contribution in [2.75, 3.05) is 18.0 Å². The maximum absolute atomic E-state index is 12.6. The van der Waals surface area contributed by atoms with Gasteiger partial charge in [-0.2, -0.15) is 0 Å². The zero-order chi connectivity index (χ0) is 13.0. The summed E-state index contributed by atoms with van der Waals surface area (Å²) in [6.07, 6.45) is 3.22. The molecule has 0 radical (unpaired) electrons. The van der Waals surface area contributed by atoms with Gasteiger partial charge in [-0.3, -0.25) is 4.79 Å². The molecule has 1 aliphatic carbocycles. The number of para-hydroxylation sites is 1. The number of nitrogens with two attached hydrogens (primary N) is 1. The molecule has 1 aromatic carbocycles. The summed E-state index contributed by atoms with van der Waals surface area (Å²) in [4.78, 5) is 14.5. The van der Waals surface area contributed by atoms with Crippen LogP contribution in [0.4, 0.5) is 5.69 Å². The molecule has 1 saturated carbocycles. The monoisotopic (exact) mass is 282 g/mol. The first-order valence-electron chi connectivity index (χ1n) is 6.84. The Hall–Kier alpha value is -1.06. The average molecular weight is 283 g/mol. The molecule has 1 aromatic rings. The molecule has 0 spiro atoms. The molecule has 4 heteroatoms. The molecule has 0 unspecified atom stereocenters. The smallest absolute Gasteiger partial charge is 0.230 e. The highest BCUT2D eigenvalue weighted by atomic mass is 35.5. The largest absolute Gasteiger partial charge is 0.330 e. The Morgan fingerprint density at radius 1 is 1.32 bits per heavy atom. The summed E-state index contributed by atoms with van der Waals surface area (Å²) in [7, 11) is 0. The van der Waals surface area contributed by atoms with Gasteiger partial charge in [0, 0.05) is 18.2 Å². The predicted octanol–water partition coefficient (Wildman–Crippen LogP) is 2.84. The minimum absolute atomic E-state index is 0. The molecule has 0 aromatic heterocycles. The topological polar surface area (TPSA) is 46.3 Å². The molecule has 2 N–H and O–H groups in total. The fourth-order valence-corrected chi connectivity index (χ4v) is 2.92. The fourth-order valence-electron chi connectivity index (χ4n) is 2.92. The second-order valence-electron chi connectivity index (χ2n) is 4.95. The lowest BCUT2D eigenvalue weighted by Gasteiger charge is -2.27. The van der Waals surface area contributed by atoms with E-state index < -0.39 is 0 Å². The van der Waals surface area contributed by atoms with Gasteiger partial charge in [-0.1, -0.05) is 24.6 Å². The van der Waals surface area contributed by atoms with Gasteiger partial charge in [0.2, 0.25) is 5.91 Å². The van der Waals surface area contributed by atoms with Crippen LogP contribution in [0.3, 0.4) is 0 Å². The van der Waals surface area contributed by atoms with Crippen molar-refractivity contribution in [1.29, 1.82) is 0 Å². The third kappa shape index (κ3) is 3.48. The molecule has 2 atom stereocenters. The van der Waals surface area contributed by atoms with Gasteiger partial charge in [-0.15, -0.1) is 12.4 Å². The second kappa shape index (κ2) is 7.51. The molecule has 0 saturated heterocycles. The molecule has 106 valence electrons. The summed E-state index contributed by atoms with van der Waals surface area (Å²) in [5.74, 6) is 0.738. The van der Waals surface area contributed by atoms with Gasteiger partial charge in [0.25, 0.3) is 0 Å². The highest BCUT2D eigenvalue weighted by Crippen LogP contribution is 2.33. The zero-order valence-corrected chi connectivity index (χ0v) is 12.2. The summed E-state index contributed by atoms with van der Waals surface area (Å²) in [5.41, 5.74) is 6.76. The standard InChI is InChI=1S/C15H22N2O.ClH/c1-2-17(13-8-4-3-5-9-13)15(18)14-10-6-7-12(14)11-16;/h3-5,8-9,12,14H,2,6-7,10-11,16H2,1H3;1H/t12-,14-;/m1./s1. The molecule has 19 heavy (non-hydrogen) atoms. The lowest BCUT2D eigenvalue weighted by Crippen LogP contribution is -2.39. The quantitative estimate of drug-likeness (QED) is 0.923. The summed E-state index contributed by atoms with van der Waals surface area (Å²) in [6, 6.07) is 9.91. The molecule has 0 aliphatic heterocycles. The third-order valence-corrected chi connectivity index (χ3v) is 3.93. The minimum atomic E-state index is 0. The van der Waals surface area contributed by atoms with Crippen LogP contribution in [0.15, 0.2) is 30.3 Å². The Morgan fingerprint density at radius 2 is 2.00 bits per heavy atom. The normalized spacial score (nSPS) is 21.8. The van der Waals surface area contributed by atoms with Crippen LogP contribution < -0.4 is 10.6 Å². The highest BCUT2D eigenvalue weighted by molar-refractivity contribution is 5.95. The van der Waals surface area contributed by atoms with Gasteiger partial charge in [-0.05, 0) is 44.4 Å². The number of nitrogens with zero attached hydrogens (tertiary/aromatic N) is 1. The van der Waals surface area contributed by atoms with E-state index >= 15 is 0 Å². The van der Waals surface area contributed by atoms with Crippen LogP contribution in [0, 0.1) is 11.8 Å². The molecule has 2 rings (SSSR count). The lowest BCUT2D eigenvalue weighted by molar-refractivity contribution is -0.123. The van der Waals surface area contributed by atoms with Gasteiger partial charge in [0.15, 0.2) is 0 Å². The van der Waals surface area contributed by atoms with E-state index in [0.29, 0.717) is 12.5 Å². The molecular weight excluding hydrogens is 260 g/mol. The fraction of sp³-hybridized carbons (Fsp3) is 0.533. The van der Waals surface area contributed by atoms with Crippen molar-refractivity contribution < 1.29 is 4.79 Å². The predicted molar refractivity (Wildman–Crippen MR) is 81.6 cm³/mol.